The third-order valence-corrected chi connectivity index (χ3v) is 4.40. The standard InChI is InChI=1S/C10H8.C9H7N.C6H6.C5H5N.4C2H6/c1-2-6-10-8-4-3-7-9(10)5-1;1-2-6-9-8(4-1)5-3-7-10-9;2*1-2-4-6-5-3-1;4*1-2/h1-8H;1-7H;1-6H;1-5H;4*1-2H3. The summed E-state index contributed by atoms with van der Waals surface area (Å²) in [6.07, 6.45) is 5.31. The smallest absolute Gasteiger partial charge is 0.0701 e. The first-order valence-electron chi connectivity index (χ1n) is 14.5. The van der Waals surface area contributed by atoms with Gasteiger partial charge in [0.25, 0.3) is 0 Å². The van der Waals surface area contributed by atoms with E-state index in [4.69, 9.17) is 0 Å². The zero-order valence-corrected chi connectivity index (χ0v) is 25.9. The van der Waals surface area contributed by atoms with E-state index in [-0.39, 0.29) is 0 Å². The first kappa shape index (κ1) is 37.9. The molecule has 0 saturated carbocycles. The molecule has 0 fully saturated rings. The van der Waals surface area contributed by atoms with Gasteiger partial charge < -0.3 is 0 Å². The number of para-hydroxylation sites is 1. The normalized spacial score (nSPS) is 8.00. The third-order valence-electron chi connectivity index (χ3n) is 4.40. The Hall–Kier alpha value is -4.30. The fourth-order valence-electron chi connectivity index (χ4n) is 2.85. The molecule has 0 amide bonds. The Balaban J connectivity index is 0. The van der Waals surface area contributed by atoms with Crippen LogP contribution in [-0.2, 0) is 0 Å². The number of hydrogen-bond donors (Lipinski definition) is 0. The fourth-order valence-corrected chi connectivity index (χ4v) is 2.85. The lowest BCUT2D eigenvalue weighted by atomic mass is 10.1. The molecule has 212 valence electrons. The lowest BCUT2D eigenvalue weighted by molar-refractivity contribution is 1.33. The van der Waals surface area contributed by atoms with Crippen molar-refractivity contribution in [3.8, 4) is 0 Å². The molecule has 6 rings (SSSR count). The van der Waals surface area contributed by atoms with Crippen LogP contribution in [0.15, 0.2) is 158 Å². The second-order valence-electron chi connectivity index (χ2n) is 6.72. The van der Waals surface area contributed by atoms with Crippen molar-refractivity contribution in [3.63, 3.8) is 0 Å². The van der Waals surface area contributed by atoms with Gasteiger partial charge >= 0.3 is 0 Å². The van der Waals surface area contributed by atoms with E-state index in [0.29, 0.717) is 0 Å². The van der Waals surface area contributed by atoms with Gasteiger partial charge in [-0.25, -0.2) is 0 Å². The van der Waals surface area contributed by atoms with Gasteiger partial charge in [-0.05, 0) is 35.0 Å². The zero-order valence-electron chi connectivity index (χ0n) is 25.9. The van der Waals surface area contributed by atoms with Crippen LogP contribution in [0.2, 0.25) is 0 Å². The van der Waals surface area contributed by atoms with E-state index in [1.807, 2.05) is 140 Å². The number of rotatable bonds is 0. The highest BCUT2D eigenvalue weighted by atomic mass is 14.6. The van der Waals surface area contributed by atoms with Crippen molar-refractivity contribution >= 4 is 21.7 Å². The van der Waals surface area contributed by atoms with Crippen molar-refractivity contribution in [1.82, 2.24) is 9.97 Å². The molecule has 0 aliphatic heterocycles. The highest BCUT2D eigenvalue weighted by Gasteiger charge is 1.87. The molecule has 2 aromatic heterocycles. The maximum absolute atomic E-state index is 4.18. The van der Waals surface area contributed by atoms with Crippen LogP contribution in [0.5, 0.6) is 0 Å². The molecule has 40 heavy (non-hydrogen) atoms. The summed E-state index contributed by atoms with van der Waals surface area (Å²) in [7, 11) is 0. The molecule has 4 aromatic carbocycles. The van der Waals surface area contributed by atoms with Crippen LogP contribution < -0.4 is 0 Å². The second-order valence-corrected chi connectivity index (χ2v) is 6.72. The van der Waals surface area contributed by atoms with Crippen molar-refractivity contribution in [1.29, 1.82) is 0 Å². The van der Waals surface area contributed by atoms with Gasteiger partial charge in [0.2, 0.25) is 0 Å². The zero-order chi connectivity index (χ0) is 30.1. The van der Waals surface area contributed by atoms with Crippen molar-refractivity contribution in [3.05, 3.63) is 158 Å². The molecule has 2 heteroatoms. The van der Waals surface area contributed by atoms with Gasteiger partial charge in [0.1, 0.15) is 0 Å². The number of fused-ring (bicyclic) bond motifs is 2. The van der Waals surface area contributed by atoms with Crippen LogP contribution in [0.3, 0.4) is 0 Å². The van der Waals surface area contributed by atoms with Gasteiger partial charge in [-0.2, -0.15) is 0 Å². The minimum Gasteiger partial charge on any atom is -0.265 e. The topological polar surface area (TPSA) is 25.8 Å². The van der Waals surface area contributed by atoms with Crippen molar-refractivity contribution in [2.45, 2.75) is 55.4 Å². The summed E-state index contributed by atoms with van der Waals surface area (Å²) in [5, 5.41) is 3.82. The summed E-state index contributed by atoms with van der Waals surface area (Å²) in [5.41, 5.74) is 1.06. The van der Waals surface area contributed by atoms with Crippen LogP contribution in [0, 0.1) is 0 Å². The maximum Gasteiger partial charge on any atom is 0.0701 e. The molecule has 2 nitrogen and oxygen atoms in total. The van der Waals surface area contributed by atoms with Crippen molar-refractivity contribution in [2.24, 2.45) is 0 Å². The molecule has 0 N–H and O–H groups in total. The number of nitrogens with zero attached hydrogens (tertiary/aromatic N) is 2. The van der Waals surface area contributed by atoms with Crippen molar-refractivity contribution < 1.29 is 0 Å². The number of aromatic nitrogens is 2. The van der Waals surface area contributed by atoms with Gasteiger partial charge in [-0.1, -0.05) is 171 Å². The fraction of sp³-hybridized carbons (Fsp3) is 0.211. The Kier molecular flexibility index (Phi) is 29.3. The highest BCUT2D eigenvalue weighted by Crippen LogP contribution is 2.11. The van der Waals surface area contributed by atoms with E-state index in [1.54, 1.807) is 12.4 Å². The second kappa shape index (κ2) is 30.9. The summed E-state index contributed by atoms with van der Waals surface area (Å²) < 4.78 is 0. The van der Waals surface area contributed by atoms with Gasteiger partial charge in [-0.3, -0.25) is 9.97 Å². The van der Waals surface area contributed by atoms with E-state index in [9.17, 15) is 0 Å². The number of pyridine rings is 2. The molecule has 0 unspecified atom stereocenters. The van der Waals surface area contributed by atoms with Gasteiger partial charge in [-0.15, -0.1) is 0 Å². The summed E-state index contributed by atoms with van der Waals surface area (Å²) >= 11 is 0. The highest BCUT2D eigenvalue weighted by molar-refractivity contribution is 5.82. The van der Waals surface area contributed by atoms with E-state index >= 15 is 0 Å². The Morgan fingerprint density at radius 2 is 0.625 bits per heavy atom. The van der Waals surface area contributed by atoms with Crippen LogP contribution in [0.1, 0.15) is 55.4 Å². The molecular formula is C38H50N2. The molecule has 0 atom stereocenters. The average Bonchev–Trinajstić information content (AvgIpc) is 3.11. The van der Waals surface area contributed by atoms with Gasteiger partial charge in [0, 0.05) is 24.0 Å². The first-order chi connectivity index (χ1) is 19.9. The Labute approximate surface area is 244 Å². The summed E-state index contributed by atoms with van der Waals surface area (Å²) in [4.78, 5) is 7.97. The largest absolute Gasteiger partial charge is 0.265 e. The van der Waals surface area contributed by atoms with Crippen LogP contribution in [0.25, 0.3) is 21.7 Å². The van der Waals surface area contributed by atoms with Crippen molar-refractivity contribution in [2.75, 3.05) is 0 Å². The van der Waals surface area contributed by atoms with Crippen LogP contribution in [0.4, 0.5) is 0 Å². The SMILES string of the molecule is CC.CC.CC.CC.c1ccc2ccccc2c1.c1ccc2ncccc2c1.c1ccccc1.c1ccncc1. The van der Waals surface area contributed by atoms with E-state index in [0.717, 1.165) is 5.52 Å². The summed E-state index contributed by atoms with van der Waals surface area (Å²) in [6.45, 7) is 16.0. The summed E-state index contributed by atoms with van der Waals surface area (Å²) in [6, 6.07) is 46.5. The average molecular weight is 535 g/mol. The molecule has 0 aliphatic rings. The predicted molar refractivity (Wildman–Crippen MR) is 182 cm³/mol. The molecule has 0 aliphatic carbocycles. The van der Waals surface area contributed by atoms with E-state index in [2.05, 4.69) is 70.6 Å². The number of hydrogen-bond acceptors (Lipinski definition) is 2. The van der Waals surface area contributed by atoms with Crippen LogP contribution in [-0.4, -0.2) is 9.97 Å². The van der Waals surface area contributed by atoms with Gasteiger partial charge in [0.15, 0.2) is 0 Å². The van der Waals surface area contributed by atoms with Crippen LogP contribution >= 0.6 is 0 Å². The lowest BCUT2D eigenvalue weighted by Crippen LogP contribution is -1.73. The predicted octanol–water partition coefficient (Wildman–Crippen LogP) is 11.9. The minimum atomic E-state index is 1.06. The Bertz CT molecular complexity index is 983. The Morgan fingerprint density at radius 1 is 0.300 bits per heavy atom. The quantitative estimate of drug-likeness (QED) is 0.194. The monoisotopic (exact) mass is 534 g/mol. The van der Waals surface area contributed by atoms with E-state index < -0.39 is 0 Å². The molecule has 2 heterocycles. The number of benzene rings is 4. The lowest BCUT2D eigenvalue weighted by Gasteiger charge is -1.92. The van der Waals surface area contributed by atoms with Gasteiger partial charge in [0.05, 0.1) is 5.52 Å². The minimum absolute atomic E-state index is 1.06. The molecule has 6 aromatic rings. The summed E-state index contributed by atoms with van der Waals surface area (Å²) in [5.74, 6) is 0. The molecule has 0 bridgehead atoms. The molecular weight excluding hydrogens is 484 g/mol. The molecule has 0 spiro atoms. The molecule has 0 saturated heterocycles. The van der Waals surface area contributed by atoms with E-state index in [1.165, 1.54) is 16.2 Å². The molecule has 0 radical (unpaired) electrons. The Morgan fingerprint density at radius 3 is 0.950 bits per heavy atom. The maximum atomic E-state index is 4.18. The third kappa shape index (κ3) is 18.9. The first-order valence-corrected chi connectivity index (χ1v) is 14.5.